The molecule has 1 amide bonds. The van der Waals surface area contributed by atoms with Crippen LogP contribution in [0.5, 0.6) is 0 Å². The minimum Gasteiger partial charge on any atom is -0.395 e. The van der Waals surface area contributed by atoms with Crippen molar-refractivity contribution in [1.29, 1.82) is 0 Å². The van der Waals surface area contributed by atoms with Crippen LogP contribution in [0.3, 0.4) is 0 Å². The topological polar surface area (TPSA) is 79.5 Å². The Labute approximate surface area is 146 Å². The average molecular weight is 339 g/mol. The number of nitrogens with zero attached hydrogens (tertiary/aromatic N) is 3. The predicted molar refractivity (Wildman–Crippen MR) is 94.4 cm³/mol. The minimum absolute atomic E-state index is 0.0869. The quantitative estimate of drug-likeness (QED) is 0.746. The fourth-order valence-electron chi connectivity index (χ4n) is 2.90. The first-order valence-electron chi connectivity index (χ1n) is 8.28. The van der Waals surface area contributed by atoms with Crippen molar-refractivity contribution in [3.05, 3.63) is 58.9 Å². The number of aliphatic hydroxyl groups excluding tert-OH is 1. The number of rotatable bonds is 6. The third-order valence-corrected chi connectivity index (χ3v) is 4.15. The molecule has 3 aromatic rings. The Morgan fingerprint density at radius 2 is 1.96 bits per heavy atom. The molecule has 0 radical (unpaired) electrons. The second kappa shape index (κ2) is 7.44. The van der Waals surface area contributed by atoms with Crippen LogP contribution in [-0.2, 0) is 6.42 Å². The molecule has 0 aliphatic heterocycles. The van der Waals surface area contributed by atoms with Crippen molar-refractivity contribution in [3.63, 3.8) is 0 Å². The highest BCUT2D eigenvalue weighted by molar-refractivity contribution is 6.06. The van der Waals surface area contributed by atoms with Gasteiger partial charge in [0.15, 0.2) is 0 Å². The number of benzene rings is 1. The zero-order valence-corrected chi connectivity index (χ0v) is 14.4. The molecule has 2 heterocycles. The van der Waals surface area contributed by atoms with Crippen LogP contribution < -0.4 is 0 Å². The Kier molecular flexibility index (Phi) is 5.09. The highest BCUT2D eigenvalue weighted by atomic mass is 16.5. The SMILES string of the molecule is Cc1cc(C(=O)N(CCO)CCc2ccccc2)c2c(C)noc2n1. The molecule has 2 aromatic heterocycles. The van der Waals surface area contributed by atoms with Crippen molar-refractivity contribution in [3.8, 4) is 0 Å². The molecule has 0 spiro atoms. The third-order valence-electron chi connectivity index (χ3n) is 4.15. The van der Waals surface area contributed by atoms with Crippen molar-refractivity contribution >= 4 is 17.0 Å². The second-order valence-electron chi connectivity index (χ2n) is 6.01. The van der Waals surface area contributed by atoms with Gasteiger partial charge in [0.2, 0.25) is 0 Å². The number of amides is 1. The Morgan fingerprint density at radius 1 is 1.20 bits per heavy atom. The van der Waals surface area contributed by atoms with E-state index >= 15 is 0 Å². The lowest BCUT2D eigenvalue weighted by Gasteiger charge is -2.22. The second-order valence-corrected chi connectivity index (χ2v) is 6.01. The summed E-state index contributed by atoms with van der Waals surface area (Å²) in [6.45, 7) is 4.32. The number of aryl methyl sites for hydroxylation is 2. The number of hydrogen-bond donors (Lipinski definition) is 1. The molecule has 25 heavy (non-hydrogen) atoms. The van der Waals surface area contributed by atoms with Crippen molar-refractivity contribution in [2.24, 2.45) is 0 Å². The standard InChI is InChI=1S/C19H21N3O3/c1-13-12-16(17-14(2)21-25-18(17)20-13)19(24)22(10-11-23)9-8-15-6-4-3-5-7-15/h3-7,12,23H,8-11H2,1-2H3. The molecule has 6 heteroatoms. The molecule has 0 aliphatic rings. The first-order valence-corrected chi connectivity index (χ1v) is 8.28. The van der Waals surface area contributed by atoms with E-state index in [4.69, 9.17) is 4.52 Å². The summed E-state index contributed by atoms with van der Waals surface area (Å²) < 4.78 is 5.21. The summed E-state index contributed by atoms with van der Waals surface area (Å²) in [5, 5.41) is 13.9. The van der Waals surface area contributed by atoms with Crippen LogP contribution in [0.2, 0.25) is 0 Å². The maximum Gasteiger partial charge on any atom is 0.258 e. The van der Waals surface area contributed by atoms with Crippen LogP contribution in [-0.4, -0.2) is 45.8 Å². The molecule has 0 bridgehead atoms. The summed E-state index contributed by atoms with van der Waals surface area (Å²) in [5.41, 5.74) is 3.36. The van der Waals surface area contributed by atoms with E-state index in [0.717, 1.165) is 12.0 Å². The number of fused-ring (bicyclic) bond motifs is 1. The van der Waals surface area contributed by atoms with Gasteiger partial charge in [-0.15, -0.1) is 0 Å². The van der Waals surface area contributed by atoms with E-state index in [1.807, 2.05) is 37.3 Å². The monoisotopic (exact) mass is 339 g/mol. The Balaban J connectivity index is 1.89. The Hall–Kier alpha value is -2.73. The lowest BCUT2D eigenvalue weighted by Crippen LogP contribution is -2.35. The summed E-state index contributed by atoms with van der Waals surface area (Å²) in [6, 6.07) is 11.7. The molecule has 130 valence electrons. The van der Waals surface area contributed by atoms with Gasteiger partial charge < -0.3 is 14.5 Å². The van der Waals surface area contributed by atoms with Gasteiger partial charge in [0.25, 0.3) is 11.6 Å². The van der Waals surface area contributed by atoms with E-state index in [0.29, 0.717) is 34.6 Å². The number of pyridine rings is 1. The van der Waals surface area contributed by atoms with Gasteiger partial charge in [-0.05, 0) is 31.9 Å². The third kappa shape index (κ3) is 3.69. The largest absolute Gasteiger partial charge is 0.395 e. The minimum atomic E-state index is -0.146. The summed E-state index contributed by atoms with van der Waals surface area (Å²) in [4.78, 5) is 19.0. The Bertz CT molecular complexity index is 874. The summed E-state index contributed by atoms with van der Waals surface area (Å²) in [5.74, 6) is -0.146. The lowest BCUT2D eigenvalue weighted by molar-refractivity contribution is 0.0725. The molecule has 0 atom stereocenters. The average Bonchev–Trinajstić information content (AvgIpc) is 2.99. The van der Waals surface area contributed by atoms with E-state index in [2.05, 4.69) is 10.1 Å². The lowest BCUT2D eigenvalue weighted by atomic mass is 10.1. The molecule has 1 aromatic carbocycles. The summed E-state index contributed by atoms with van der Waals surface area (Å²) in [7, 11) is 0. The molecule has 0 fully saturated rings. The zero-order chi connectivity index (χ0) is 17.8. The molecule has 0 aliphatic carbocycles. The van der Waals surface area contributed by atoms with E-state index in [9.17, 15) is 9.90 Å². The highest BCUT2D eigenvalue weighted by Gasteiger charge is 2.22. The van der Waals surface area contributed by atoms with Crippen molar-refractivity contribution < 1.29 is 14.4 Å². The fourth-order valence-corrected chi connectivity index (χ4v) is 2.90. The molecular formula is C19H21N3O3. The van der Waals surface area contributed by atoms with Crippen LogP contribution in [0.25, 0.3) is 11.1 Å². The van der Waals surface area contributed by atoms with Crippen molar-refractivity contribution in [2.45, 2.75) is 20.3 Å². The van der Waals surface area contributed by atoms with E-state index in [-0.39, 0.29) is 19.1 Å². The van der Waals surface area contributed by atoms with Gasteiger partial charge in [-0.1, -0.05) is 35.5 Å². The van der Waals surface area contributed by atoms with E-state index < -0.39 is 0 Å². The van der Waals surface area contributed by atoms with Crippen molar-refractivity contribution in [1.82, 2.24) is 15.0 Å². The van der Waals surface area contributed by atoms with Gasteiger partial charge in [-0.2, -0.15) is 0 Å². The molecule has 0 saturated carbocycles. The maximum absolute atomic E-state index is 13.1. The van der Waals surface area contributed by atoms with E-state index in [1.165, 1.54) is 0 Å². The fraction of sp³-hybridized carbons (Fsp3) is 0.316. The number of aliphatic hydroxyl groups is 1. The Morgan fingerprint density at radius 3 is 2.68 bits per heavy atom. The van der Waals surface area contributed by atoms with Gasteiger partial charge in [0, 0.05) is 18.8 Å². The smallest absolute Gasteiger partial charge is 0.258 e. The molecule has 0 saturated heterocycles. The van der Waals surface area contributed by atoms with Gasteiger partial charge in [0.05, 0.1) is 23.3 Å². The molecule has 3 rings (SSSR count). The van der Waals surface area contributed by atoms with Gasteiger partial charge in [-0.25, -0.2) is 4.98 Å². The maximum atomic E-state index is 13.1. The van der Waals surface area contributed by atoms with E-state index in [1.54, 1.807) is 17.9 Å². The zero-order valence-electron chi connectivity index (χ0n) is 14.4. The van der Waals surface area contributed by atoms with Gasteiger partial charge >= 0.3 is 0 Å². The molecular weight excluding hydrogens is 318 g/mol. The number of aromatic nitrogens is 2. The first kappa shape index (κ1) is 17.1. The highest BCUT2D eigenvalue weighted by Crippen LogP contribution is 2.23. The predicted octanol–water partition coefficient (Wildman–Crippen LogP) is 2.52. The van der Waals surface area contributed by atoms with Crippen LogP contribution in [0.4, 0.5) is 0 Å². The molecule has 0 unspecified atom stereocenters. The number of carbonyl (C=O) groups is 1. The number of hydrogen-bond acceptors (Lipinski definition) is 5. The van der Waals surface area contributed by atoms with Gasteiger partial charge in [-0.3, -0.25) is 4.79 Å². The first-order chi connectivity index (χ1) is 12.1. The molecule has 6 nitrogen and oxygen atoms in total. The van der Waals surface area contributed by atoms with Gasteiger partial charge in [0.1, 0.15) is 0 Å². The summed E-state index contributed by atoms with van der Waals surface area (Å²) in [6.07, 6.45) is 0.725. The van der Waals surface area contributed by atoms with Crippen LogP contribution >= 0.6 is 0 Å². The summed E-state index contributed by atoms with van der Waals surface area (Å²) >= 11 is 0. The number of carbonyl (C=O) groups excluding carboxylic acids is 1. The normalized spacial score (nSPS) is 11.0. The van der Waals surface area contributed by atoms with Crippen molar-refractivity contribution in [2.75, 3.05) is 19.7 Å². The van der Waals surface area contributed by atoms with Crippen LogP contribution in [0.15, 0.2) is 40.9 Å². The van der Waals surface area contributed by atoms with Crippen LogP contribution in [0, 0.1) is 13.8 Å². The van der Waals surface area contributed by atoms with Crippen LogP contribution in [0.1, 0.15) is 27.3 Å². The molecule has 1 N–H and O–H groups in total.